The fourth-order valence-electron chi connectivity index (χ4n) is 4.69. The molecule has 0 bridgehead atoms. The number of nitrogens with two attached hydrogens (primary N) is 1. The van der Waals surface area contributed by atoms with E-state index in [2.05, 4.69) is 26.0 Å². The maximum absolute atomic E-state index is 6.89. The fraction of sp³-hybridized carbons (Fsp3) is 0.706. The fourth-order valence-corrected chi connectivity index (χ4v) is 4.69. The highest BCUT2D eigenvalue weighted by molar-refractivity contribution is 5.29. The first-order valence-electron chi connectivity index (χ1n) is 7.81. The molecule has 1 aromatic rings. The predicted octanol–water partition coefficient (Wildman–Crippen LogP) is 3.66. The first-order chi connectivity index (χ1) is 9.08. The van der Waals surface area contributed by atoms with Gasteiger partial charge in [-0.25, -0.2) is 0 Å². The number of rotatable bonds is 1. The summed E-state index contributed by atoms with van der Waals surface area (Å²) in [5.74, 6) is 1.98. The highest BCUT2D eigenvalue weighted by Crippen LogP contribution is 2.46. The normalized spacial score (nSPS) is 38.8. The Hall–Kier alpha value is -0.890. The van der Waals surface area contributed by atoms with Crippen molar-refractivity contribution in [1.82, 2.24) is 4.98 Å². The van der Waals surface area contributed by atoms with Crippen LogP contribution in [0.25, 0.3) is 0 Å². The monoisotopic (exact) mass is 258 g/mol. The summed E-state index contributed by atoms with van der Waals surface area (Å²) >= 11 is 0. The number of hydrogen-bond acceptors (Lipinski definition) is 2. The zero-order chi connectivity index (χ0) is 13.5. The third kappa shape index (κ3) is 2.43. The van der Waals surface area contributed by atoms with Crippen LogP contribution in [0.5, 0.6) is 0 Å². The van der Waals surface area contributed by atoms with Crippen molar-refractivity contribution in [2.75, 3.05) is 0 Å². The minimum absolute atomic E-state index is 0.0272. The summed E-state index contributed by atoms with van der Waals surface area (Å²) in [4.78, 5) is 4.69. The molecule has 1 aromatic heterocycles. The maximum Gasteiger partial charge on any atom is 0.0484 e. The first-order valence-corrected chi connectivity index (χ1v) is 7.81. The van der Waals surface area contributed by atoms with Gasteiger partial charge in [0.05, 0.1) is 0 Å². The standard InChI is InChI=1S/C17H26N2/c1-12-9-13(2)11-17(18,10-12)15-7-3-5-14-6-4-8-19-16(14)15/h4,6,8,12-13,15H,3,5,7,9-11,18H2,1-2H3. The first kappa shape index (κ1) is 13.1. The summed E-state index contributed by atoms with van der Waals surface area (Å²) in [5.41, 5.74) is 9.60. The van der Waals surface area contributed by atoms with E-state index in [1.807, 2.05) is 6.20 Å². The van der Waals surface area contributed by atoms with Crippen molar-refractivity contribution in [3.8, 4) is 0 Å². The van der Waals surface area contributed by atoms with E-state index >= 15 is 0 Å². The van der Waals surface area contributed by atoms with Gasteiger partial charge in [-0.2, -0.15) is 0 Å². The van der Waals surface area contributed by atoms with E-state index in [0.717, 1.165) is 24.7 Å². The summed E-state index contributed by atoms with van der Waals surface area (Å²) in [5, 5.41) is 0. The SMILES string of the molecule is CC1CC(C)CC(N)(C2CCCc3cccnc32)C1. The molecule has 0 aromatic carbocycles. The number of hydrogen-bond donors (Lipinski definition) is 1. The van der Waals surface area contributed by atoms with E-state index in [1.54, 1.807) is 0 Å². The number of aromatic nitrogens is 1. The molecule has 3 rings (SSSR count). The van der Waals surface area contributed by atoms with Gasteiger partial charge in [-0.3, -0.25) is 4.98 Å². The number of pyridine rings is 1. The second-order valence-corrected chi connectivity index (χ2v) is 7.08. The summed E-state index contributed by atoms with van der Waals surface area (Å²) in [6.07, 6.45) is 9.28. The van der Waals surface area contributed by atoms with Gasteiger partial charge >= 0.3 is 0 Å². The van der Waals surface area contributed by atoms with Crippen LogP contribution < -0.4 is 5.73 Å². The molecule has 0 radical (unpaired) electrons. The van der Waals surface area contributed by atoms with Crippen LogP contribution in [0.3, 0.4) is 0 Å². The Bertz CT molecular complexity index is 444. The van der Waals surface area contributed by atoms with E-state index in [9.17, 15) is 0 Å². The molecule has 2 heteroatoms. The van der Waals surface area contributed by atoms with Crippen molar-refractivity contribution in [2.45, 2.75) is 63.8 Å². The molecule has 0 spiro atoms. The van der Waals surface area contributed by atoms with E-state index in [-0.39, 0.29) is 5.54 Å². The second-order valence-electron chi connectivity index (χ2n) is 7.08. The quantitative estimate of drug-likeness (QED) is 0.835. The van der Waals surface area contributed by atoms with E-state index < -0.39 is 0 Å². The molecule has 19 heavy (non-hydrogen) atoms. The molecule has 3 atom stereocenters. The highest BCUT2D eigenvalue weighted by Gasteiger charge is 2.43. The molecule has 0 saturated heterocycles. The summed E-state index contributed by atoms with van der Waals surface area (Å²) in [6, 6.07) is 4.31. The molecule has 104 valence electrons. The number of aryl methyl sites for hydroxylation is 1. The molecular formula is C17H26N2. The molecule has 3 unspecified atom stereocenters. The van der Waals surface area contributed by atoms with Crippen LogP contribution in [0.15, 0.2) is 18.3 Å². The summed E-state index contributed by atoms with van der Waals surface area (Å²) < 4.78 is 0. The largest absolute Gasteiger partial charge is 0.324 e. The molecule has 1 heterocycles. The molecule has 0 aliphatic heterocycles. The third-order valence-corrected chi connectivity index (χ3v) is 5.15. The minimum atomic E-state index is -0.0272. The van der Waals surface area contributed by atoms with Gasteiger partial charge in [0.25, 0.3) is 0 Å². The molecule has 1 fully saturated rings. The number of fused-ring (bicyclic) bond motifs is 1. The summed E-state index contributed by atoms with van der Waals surface area (Å²) in [6.45, 7) is 4.72. The maximum atomic E-state index is 6.89. The zero-order valence-corrected chi connectivity index (χ0v) is 12.2. The van der Waals surface area contributed by atoms with E-state index in [1.165, 1.54) is 36.9 Å². The average Bonchev–Trinajstić information content (AvgIpc) is 2.36. The molecule has 1 saturated carbocycles. The van der Waals surface area contributed by atoms with Gasteiger partial charge in [0.15, 0.2) is 0 Å². The molecule has 2 N–H and O–H groups in total. The van der Waals surface area contributed by atoms with Crippen LogP contribution in [0.4, 0.5) is 0 Å². The number of nitrogens with zero attached hydrogens (tertiary/aromatic N) is 1. The van der Waals surface area contributed by atoms with E-state index in [0.29, 0.717) is 5.92 Å². The van der Waals surface area contributed by atoms with Crippen molar-refractivity contribution >= 4 is 0 Å². The van der Waals surface area contributed by atoms with Crippen LogP contribution in [0, 0.1) is 11.8 Å². The molecule has 2 nitrogen and oxygen atoms in total. The minimum Gasteiger partial charge on any atom is -0.324 e. The van der Waals surface area contributed by atoms with Crippen LogP contribution in [-0.2, 0) is 6.42 Å². The summed E-state index contributed by atoms with van der Waals surface area (Å²) in [7, 11) is 0. The zero-order valence-electron chi connectivity index (χ0n) is 12.2. The Balaban J connectivity index is 1.94. The Morgan fingerprint density at radius 2 is 2.00 bits per heavy atom. The van der Waals surface area contributed by atoms with Crippen molar-refractivity contribution in [3.05, 3.63) is 29.6 Å². The lowest BCUT2D eigenvalue weighted by molar-refractivity contribution is 0.144. The van der Waals surface area contributed by atoms with Crippen LogP contribution in [0.1, 0.15) is 63.1 Å². The molecule has 2 aliphatic carbocycles. The smallest absolute Gasteiger partial charge is 0.0484 e. The molecule has 0 amide bonds. The van der Waals surface area contributed by atoms with Crippen molar-refractivity contribution in [2.24, 2.45) is 17.6 Å². The third-order valence-electron chi connectivity index (χ3n) is 5.15. The van der Waals surface area contributed by atoms with Gasteiger partial charge in [0, 0.05) is 23.3 Å². The van der Waals surface area contributed by atoms with Gasteiger partial charge < -0.3 is 5.73 Å². The van der Waals surface area contributed by atoms with Gasteiger partial charge in [-0.1, -0.05) is 19.9 Å². The van der Waals surface area contributed by atoms with E-state index in [4.69, 9.17) is 10.7 Å². The van der Waals surface area contributed by atoms with Crippen molar-refractivity contribution in [3.63, 3.8) is 0 Å². The van der Waals surface area contributed by atoms with Crippen molar-refractivity contribution < 1.29 is 0 Å². The lowest BCUT2D eigenvalue weighted by atomic mass is 9.63. The Morgan fingerprint density at radius 3 is 2.74 bits per heavy atom. The Labute approximate surface area is 116 Å². The van der Waals surface area contributed by atoms with Crippen LogP contribution in [-0.4, -0.2) is 10.5 Å². The van der Waals surface area contributed by atoms with Crippen LogP contribution in [0.2, 0.25) is 0 Å². The van der Waals surface area contributed by atoms with Crippen LogP contribution >= 0.6 is 0 Å². The van der Waals surface area contributed by atoms with Gasteiger partial charge in [-0.05, 0) is 62.0 Å². The lowest BCUT2D eigenvalue weighted by Gasteiger charge is -2.46. The second kappa shape index (κ2) is 4.90. The van der Waals surface area contributed by atoms with Gasteiger partial charge in [0.2, 0.25) is 0 Å². The topological polar surface area (TPSA) is 38.9 Å². The highest BCUT2D eigenvalue weighted by atomic mass is 14.8. The predicted molar refractivity (Wildman–Crippen MR) is 79.0 cm³/mol. The Morgan fingerprint density at radius 1 is 1.26 bits per heavy atom. The lowest BCUT2D eigenvalue weighted by Crippen LogP contribution is -2.52. The Kier molecular flexibility index (Phi) is 3.38. The average molecular weight is 258 g/mol. The molecular weight excluding hydrogens is 232 g/mol. The van der Waals surface area contributed by atoms with Gasteiger partial charge in [0.1, 0.15) is 0 Å². The molecule has 2 aliphatic rings. The van der Waals surface area contributed by atoms with Crippen molar-refractivity contribution in [1.29, 1.82) is 0 Å². The van der Waals surface area contributed by atoms with Gasteiger partial charge in [-0.15, -0.1) is 0 Å².